The van der Waals surface area contributed by atoms with Crippen molar-refractivity contribution in [3.8, 4) is 0 Å². The van der Waals surface area contributed by atoms with E-state index in [2.05, 4.69) is 0 Å². The van der Waals surface area contributed by atoms with E-state index in [0.717, 1.165) is 21.9 Å². The summed E-state index contributed by atoms with van der Waals surface area (Å²) in [5.41, 5.74) is 6.63. The molecule has 1 atom stereocenters. The molecule has 0 saturated heterocycles. The molecule has 2 nitrogen and oxygen atoms in total. The number of hydrogen-bond donors (Lipinski definition) is 1. The molecule has 0 aliphatic carbocycles. The number of hydrogen-bond acceptors (Lipinski definition) is 3. The fraction of sp³-hybridized carbons (Fsp3) is 0.500. The van der Waals surface area contributed by atoms with E-state index >= 15 is 0 Å². The van der Waals surface area contributed by atoms with Crippen LogP contribution in [0.4, 0.5) is 5.00 Å². The van der Waals surface area contributed by atoms with Gasteiger partial charge in [-0.05, 0) is 25.0 Å². The highest BCUT2D eigenvalue weighted by molar-refractivity contribution is 7.18. The Morgan fingerprint density at radius 3 is 2.69 bits per heavy atom. The van der Waals surface area contributed by atoms with E-state index in [-0.39, 0.29) is 11.7 Å². The van der Waals surface area contributed by atoms with Crippen molar-refractivity contribution in [3.05, 3.63) is 16.5 Å². The molecule has 1 heterocycles. The second-order valence-electron chi connectivity index (χ2n) is 3.33. The second-order valence-corrected chi connectivity index (χ2v) is 4.42. The summed E-state index contributed by atoms with van der Waals surface area (Å²) in [5.74, 6) is 0.332. The molecule has 0 aromatic carbocycles. The first-order valence-corrected chi connectivity index (χ1v) is 5.28. The summed E-state index contributed by atoms with van der Waals surface area (Å²) >= 11 is 1.39. The van der Waals surface area contributed by atoms with E-state index in [1.807, 2.05) is 26.8 Å². The fourth-order valence-electron chi connectivity index (χ4n) is 1.16. The summed E-state index contributed by atoms with van der Waals surface area (Å²) in [7, 11) is 0. The Labute approximate surface area is 82.8 Å². The standard InChI is InChI=1S/C10H15NOS/c1-4-6(2)9(12)10-7(3)5-8(11)13-10/h5-6H,4,11H2,1-3H3. The summed E-state index contributed by atoms with van der Waals surface area (Å²) in [6, 6.07) is 1.86. The number of nitrogens with two attached hydrogens (primary N) is 1. The van der Waals surface area contributed by atoms with Crippen LogP contribution in [0.2, 0.25) is 0 Å². The number of thiophene rings is 1. The van der Waals surface area contributed by atoms with Crippen LogP contribution in [0.3, 0.4) is 0 Å². The first-order chi connectivity index (χ1) is 6.06. The molecule has 0 aliphatic rings. The highest BCUT2D eigenvalue weighted by atomic mass is 32.1. The molecule has 3 heteroatoms. The van der Waals surface area contributed by atoms with Crippen LogP contribution in [0.25, 0.3) is 0 Å². The number of rotatable bonds is 3. The van der Waals surface area contributed by atoms with Crippen LogP contribution in [-0.4, -0.2) is 5.78 Å². The molecular formula is C10H15NOS. The topological polar surface area (TPSA) is 43.1 Å². The van der Waals surface area contributed by atoms with Gasteiger partial charge < -0.3 is 5.73 Å². The third-order valence-corrected chi connectivity index (χ3v) is 3.30. The summed E-state index contributed by atoms with van der Waals surface area (Å²) in [5, 5.41) is 0.726. The molecule has 0 saturated carbocycles. The van der Waals surface area contributed by atoms with Gasteiger partial charge in [0.15, 0.2) is 5.78 Å². The normalized spacial score (nSPS) is 12.8. The fourth-order valence-corrected chi connectivity index (χ4v) is 2.15. The van der Waals surface area contributed by atoms with Gasteiger partial charge in [0.05, 0.1) is 9.88 Å². The predicted octanol–water partition coefficient (Wildman–Crippen LogP) is 2.87. The molecule has 13 heavy (non-hydrogen) atoms. The number of Topliss-reactive ketones (excluding diaryl/α,β-unsaturated/α-hetero) is 1. The third kappa shape index (κ3) is 2.10. The Hall–Kier alpha value is -0.830. The monoisotopic (exact) mass is 197 g/mol. The lowest BCUT2D eigenvalue weighted by atomic mass is 10.0. The van der Waals surface area contributed by atoms with Crippen molar-refractivity contribution in [2.24, 2.45) is 5.92 Å². The lowest BCUT2D eigenvalue weighted by Crippen LogP contribution is -2.09. The van der Waals surface area contributed by atoms with E-state index in [9.17, 15) is 4.79 Å². The van der Waals surface area contributed by atoms with E-state index in [0.29, 0.717) is 0 Å². The minimum Gasteiger partial charge on any atom is -0.391 e. The van der Waals surface area contributed by atoms with Gasteiger partial charge in [0.1, 0.15) is 0 Å². The van der Waals surface area contributed by atoms with Crippen LogP contribution < -0.4 is 5.73 Å². The van der Waals surface area contributed by atoms with Crippen molar-refractivity contribution in [1.29, 1.82) is 0 Å². The minimum absolute atomic E-state index is 0.108. The summed E-state index contributed by atoms with van der Waals surface area (Å²) < 4.78 is 0. The smallest absolute Gasteiger partial charge is 0.175 e. The third-order valence-electron chi connectivity index (χ3n) is 2.22. The van der Waals surface area contributed by atoms with Gasteiger partial charge in [0.25, 0.3) is 0 Å². The molecule has 72 valence electrons. The molecule has 0 fully saturated rings. The summed E-state index contributed by atoms with van der Waals surface area (Å²) in [6.45, 7) is 5.91. The molecule has 0 radical (unpaired) electrons. The first kappa shape index (κ1) is 10.3. The van der Waals surface area contributed by atoms with Gasteiger partial charge in [-0.2, -0.15) is 0 Å². The zero-order valence-electron chi connectivity index (χ0n) is 8.26. The lowest BCUT2D eigenvalue weighted by Gasteiger charge is -2.05. The zero-order chi connectivity index (χ0) is 10.0. The number of carbonyl (C=O) groups is 1. The molecule has 1 aromatic rings. The average Bonchev–Trinajstić information content (AvgIpc) is 2.42. The molecule has 1 rings (SSSR count). The molecule has 1 unspecified atom stereocenters. The quantitative estimate of drug-likeness (QED) is 0.757. The zero-order valence-corrected chi connectivity index (χ0v) is 9.07. The van der Waals surface area contributed by atoms with Gasteiger partial charge in [-0.15, -0.1) is 11.3 Å². The average molecular weight is 197 g/mol. The molecule has 1 aromatic heterocycles. The molecule has 0 spiro atoms. The van der Waals surface area contributed by atoms with E-state index in [1.54, 1.807) is 0 Å². The van der Waals surface area contributed by atoms with Gasteiger partial charge in [0, 0.05) is 5.92 Å². The van der Waals surface area contributed by atoms with E-state index in [1.165, 1.54) is 11.3 Å². The van der Waals surface area contributed by atoms with Crippen LogP contribution in [0.5, 0.6) is 0 Å². The van der Waals surface area contributed by atoms with Crippen molar-refractivity contribution in [3.63, 3.8) is 0 Å². The van der Waals surface area contributed by atoms with Crippen LogP contribution in [-0.2, 0) is 0 Å². The van der Waals surface area contributed by atoms with Crippen molar-refractivity contribution >= 4 is 22.1 Å². The molecule has 0 amide bonds. The summed E-state index contributed by atoms with van der Waals surface area (Å²) in [4.78, 5) is 12.6. The highest BCUT2D eigenvalue weighted by Crippen LogP contribution is 2.26. The molecule has 2 N–H and O–H groups in total. The Kier molecular flexibility index (Phi) is 3.09. The maximum atomic E-state index is 11.8. The Bertz CT molecular complexity index is 317. The van der Waals surface area contributed by atoms with Crippen molar-refractivity contribution in [2.45, 2.75) is 27.2 Å². The first-order valence-electron chi connectivity index (χ1n) is 4.46. The number of aryl methyl sites for hydroxylation is 1. The van der Waals surface area contributed by atoms with Crippen molar-refractivity contribution in [2.75, 3.05) is 5.73 Å². The lowest BCUT2D eigenvalue weighted by molar-refractivity contribution is 0.0931. The number of carbonyl (C=O) groups excluding carboxylic acids is 1. The van der Waals surface area contributed by atoms with Crippen LogP contribution in [0, 0.1) is 12.8 Å². The van der Waals surface area contributed by atoms with Gasteiger partial charge in [0.2, 0.25) is 0 Å². The highest BCUT2D eigenvalue weighted by Gasteiger charge is 2.17. The van der Waals surface area contributed by atoms with Gasteiger partial charge in [-0.25, -0.2) is 0 Å². The summed E-state index contributed by atoms with van der Waals surface area (Å²) in [6.07, 6.45) is 0.885. The Balaban J connectivity index is 2.94. The van der Waals surface area contributed by atoms with Gasteiger partial charge in [-0.1, -0.05) is 13.8 Å². The largest absolute Gasteiger partial charge is 0.391 e. The Morgan fingerprint density at radius 1 is 1.69 bits per heavy atom. The van der Waals surface area contributed by atoms with Crippen LogP contribution in [0.15, 0.2) is 6.07 Å². The minimum atomic E-state index is 0.108. The molecule has 0 aliphatic heterocycles. The molecule has 0 bridgehead atoms. The number of ketones is 1. The van der Waals surface area contributed by atoms with E-state index in [4.69, 9.17) is 5.73 Å². The maximum absolute atomic E-state index is 11.8. The Morgan fingerprint density at radius 2 is 2.31 bits per heavy atom. The number of nitrogen functional groups attached to an aromatic ring is 1. The molecular weight excluding hydrogens is 182 g/mol. The van der Waals surface area contributed by atoms with Gasteiger partial charge >= 0.3 is 0 Å². The number of anilines is 1. The second kappa shape index (κ2) is 3.92. The maximum Gasteiger partial charge on any atom is 0.175 e. The predicted molar refractivity (Wildman–Crippen MR) is 57.3 cm³/mol. The van der Waals surface area contributed by atoms with Crippen molar-refractivity contribution in [1.82, 2.24) is 0 Å². The van der Waals surface area contributed by atoms with Crippen LogP contribution in [0.1, 0.15) is 35.5 Å². The van der Waals surface area contributed by atoms with E-state index < -0.39 is 0 Å². The SMILES string of the molecule is CCC(C)C(=O)c1sc(N)cc1C. The van der Waals surface area contributed by atoms with Crippen molar-refractivity contribution < 1.29 is 4.79 Å². The van der Waals surface area contributed by atoms with Gasteiger partial charge in [-0.3, -0.25) is 4.79 Å². The van der Waals surface area contributed by atoms with Crippen LogP contribution >= 0.6 is 11.3 Å².